The zero-order valence-corrected chi connectivity index (χ0v) is 12.1. The second-order valence-corrected chi connectivity index (χ2v) is 6.07. The Labute approximate surface area is 124 Å². The predicted octanol–water partition coefficient (Wildman–Crippen LogP) is 1.97. The molecule has 0 heterocycles. The SMILES string of the molecule is O=S(=O)(Cc1ccccc1)Nc1ccccc1C#CCO. The number of aliphatic hydroxyl groups excluding tert-OH is 1. The minimum absolute atomic E-state index is 0.102. The summed E-state index contributed by atoms with van der Waals surface area (Å²) in [5, 5.41) is 8.73. The van der Waals surface area contributed by atoms with Crippen LogP contribution in [0.5, 0.6) is 0 Å². The van der Waals surface area contributed by atoms with Crippen molar-refractivity contribution in [1.29, 1.82) is 0 Å². The lowest BCUT2D eigenvalue weighted by molar-refractivity contribution is 0.350. The molecule has 0 aliphatic carbocycles. The molecule has 2 N–H and O–H groups in total. The normalized spacial score (nSPS) is 10.5. The van der Waals surface area contributed by atoms with Gasteiger partial charge in [0.15, 0.2) is 0 Å². The highest BCUT2D eigenvalue weighted by molar-refractivity contribution is 7.91. The maximum absolute atomic E-state index is 12.2. The monoisotopic (exact) mass is 301 g/mol. The second-order valence-electron chi connectivity index (χ2n) is 4.35. The van der Waals surface area contributed by atoms with Crippen LogP contribution in [0.1, 0.15) is 11.1 Å². The number of anilines is 1. The number of hydrogen-bond donors (Lipinski definition) is 2. The largest absolute Gasteiger partial charge is 0.384 e. The highest BCUT2D eigenvalue weighted by atomic mass is 32.2. The summed E-state index contributed by atoms with van der Waals surface area (Å²) >= 11 is 0. The third kappa shape index (κ3) is 4.63. The molecule has 2 aromatic rings. The second kappa shape index (κ2) is 6.93. The lowest BCUT2D eigenvalue weighted by Crippen LogP contribution is -2.15. The molecule has 0 aliphatic heterocycles. The van der Waals surface area contributed by atoms with Crippen molar-refractivity contribution < 1.29 is 13.5 Å². The molecule has 0 saturated carbocycles. The van der Waals surface area contributed by atoms with Crippen LogP contribution < -0.4 is 4.72 Å². The van der Waals surface area contributed by atoms with E-state index in [2.05, 4.69) is 16.6 Å². The smallest absolute Gasteiger partial charge is 0.236 e. The van der Waals surface area contributed by atoms with Gasteiger partial charge in [-0.25, -0.2) is 8.42 Å². The highest BCUT2D eigenvalue weighted by Crippen LogP contribution is 2.17. The number of benzene rings is 2. The van der Waals surface area contributed by atoms with Crippen molar-refractivity contribution in [1.82, 2.24) is 0 Å². The van der Waals surface area contributed by atoms with E-state index in [1.807, 2.05) is 6.07 Å². The molecule has 0 saturated heterocycles. The van der Waals surface area contributed by atoms with Crippen molar-refractivity contribution in [3.8, 4) is 11.8 Å². The fourth-order valence-corrected chi connectivity index (χ4v) is 3.03. The zero-order chi connectivity index (χ0) is 15.1. The Morgan fingerprint density at radius 2 is 1.67 bits per heavy atom. The summed E-state index contributed by atoms with van der Waals surface area (Å²) in [6.07, 6.45) is 0. The van der Waals surface area contributed by atoms with E-state index < -0.39 is 10.0 Å². The number of para-hydroxylation sites is 1. The van der Waals surface area contributed by atoms with Gasteiger partial charge >= 0.3 is 0 Å². The first-order valence-electron chi connectivity index (χ1n) is 6.34. The summed E-state index contributed by atoms with van der Waals surface area (Å²) in [6, 6.07) is 15.8. The zero-order valence-electron chi connectivity index (χ0n) is 11.3. The van der Waals surface area contributed by atoms with E-state index in [0.29, 0.717) is 16.8 Å². The highest BCUT2D eigenvalue weighted by Gasteiger charge is 2.13. The summed E-state index contributed by atoms with van der Waals surface area (Å²) in [5.74, 6) is 5.13. The van der Waals surface area contributed by atoms with Gasteiger partial charge in [-0.3, -0.25) is 4.72 Å². The van der Waals surface area contributed by atoms with Crippen molar-refractivity contribution >= 4 is 15.7 Å². The number of aliphatic hydroxyl groups is 1. The van der Waals surface area contributed by atoms with E-state index in [-0.39, 0.29) is 12.4 Å². The fourth-order valence-electron chi connectivity index (χ4n) is 1.81. The first kappa shape index (κ1) is 15.1. The van der Waals surface area contributed by atoms with Crippen LogP contribution in [0.25, 0.3) is 0 Å². The molecule has 0 amide bonds. The molecular weight excluding hydrogens is 286 g/mol. The van der Waals surface area contributed by atoms with Crippen LogP contribution in [0.3, 0.4) is 0 Å². The van der Waals surface area contributed by atoms with Gasteiger partial charge in [0, 0.05) is 5.56 Å². The molecule has 0 atom stereocenters. The average molecular weight is 301 g/mol. The van der Waals surface area contributed by atoms with Crippen LogP contribution in [0, 0.1) is 11.8 Å². The van der Waals surface area contributed by atoms with Crippen molar-refractivity contribution in [2.45, 2.75) is 5.75 Å². The minimum Gasteiger partial charge on any atom is -0.384 e. The fraction of sp³-hybridized carbons (Fsp3) is 0.125. The van der Waals surface area contributed by atoms with Crippen LogP contribution in [0.4, 0.5) is 5.69 Å². The Morgan fingerprint density at radius 1 is 1.00 bits per heavy atom. The summed E-state index contributed by atoms with van der Waals surface area (Å²) in [7, 11) is -3.52. The molecule has 5 heteroatoms. The molecule has 0 radical (unpaired) electrons. The number of hydrogen-bond acceptors (Lipinski definition) is 3. The van der Waals surface area contributed by atoms with E-state index in [0.717, 1.165) is 0 Å². The van der Waals surface area contributed by atoms with Crippen LogP contribution in [0.2, 0.25) is 0 Å². The third-order valence-electron chi connectivity index (χ3n) is 2.69. The predicted molar refractivity (Wildman–Crippen MR) is 83.1 cm³/mol. The van der Waals surface area contributed by atoms with Crippen molar-refractivity contribution in [3.05, 3.63) is 65.7 Å². The van der Waals surface area contributed by atoms with Gasteiger partial charge in [0.1, 0.15) is 6.61 Å². The van der Waals surface area contributed by atoms with Crippen LogP contribution in [-0.4, -0.2) is 20.1 Å². The summed E-state index contributed by atoms with van der Waals surface area (Å²) in [6.45, 7) is -0.273. The number of sulfonamides is 1. The first-order chi connectivity index (χ1) is 10.1. The van der Waals surface area contributed by atoms with Crippen LogP contribution in [-0.2, 0) is 15.8 Å². The molecule has 2 aromatic carbocycles. The lowest BCUT2D eigenvalue weighted by atomic mass is 10.2. The summed E-state index contributed by atoms with van der Waals surface area (Å²) in [4.78, 5) is 0. The van der Waals surface area contributed by atoms with Gasteiger partial charge in [-0.15, -0.1) is 0 Å². The Bertz CT molecular complexity index is 759. The molecule has 108 valence electrons. The molecule has 0 aliphatic rings. The molecule has 21 heavy (non-hydrogen) atoms. The molecule has 0 aromatic heterocycles. The molecular formula is C16H15NO3S. The maximum atomic E-state index is 12.2. The molecule has 2 rings (SSSR count). The Balaban J connectivity index is 2.21. The standard InChI is InChI=1S/C16H15NO3S/c18-12-6-10-15-9-4-5-11-16(15)17-21(19,20)13-14-7-2-1-3-8-14/h1-5,7-9,11,17-18H,12-13H2. The Kier molecular flexibility index (Phi) is 4.99. The van der Waals surface area contributed by atoms with Crippen molar-refractivity contribution in [2.75, 3.05) is 11.3 Å². The molecule has 0 fully saturated rings. The first-order valence-corrected chi connectivity index (χ1v) is 7.99. The van der Waals surface area contributed by atoms with Gasteiger partial charge < -0.3 is 5.11 Å². The third-order valence-corrected chi connectivity index (χ3v) is 3.94. The number of nitrogens with one attached hydrogen (secondary N) is 1. The van der Waals surface area contributed by atoms with Gasteiger partial charge in [-0.05, 0) is 17.7 Å². The summed E-state index contributed by atoms with van der Waals surface area (Å²) < 4.78 is 26.9. The topological polar surface area (TPSA) is 66.4 Å². The minimum atomic E-state index is -3.52. The lowest BCUT2D eigenvalue weighted by Gasteiger charge is -2.09. The maximum Gasteiger partial charge on any atom is 0.236 e. The van der Waals surface area contributed by atoms with E-state index in [4.69, 9.17) is 5.11 Å². The van der Waals surface area contributed by atoms with E-state index in [9.17, 15) is 8.42 Å². The van der Waals surface area contributed by atoms with E-state index in [1.54, 1.807) is 48.5 Å². The molecule has 0 spiro atoms. The van der Waals surface area contributed by atoms with Gasteiger partial charge in [0.2, 0.25) is 10.0 Å². The van der Waals surface area contributed by atoms with Gasteiger partial charge in [-0.1, -0.05) is 54.3 Å². The van der Waals surface area contributed by atoms with E-state index >= 15 is 0 Å². The Hall–Kier alpha value is -2.29. The molecule has 4 nitrogen and oxygen atoms in total. The Morgan fingerprint density at radius 3 is 2.38 bits per heavy atom. The quantitative estimate of drug-likeness (QED) is 0.849. The van der Waals surface area contributed by atoms with Gasteiger partial charge in [0.25, 0.3) is 0 Å². The van der Waals surface area contributed by atoms with Gasteiger partial charge in [0.05, 0.1) is 11.4 Å². The molecule has 0 bridgehead atoms. The summed E-state index contributed by atoms with van der Waals surface area (Å²) in [5.41, 5.74) is 1.65. The number of rotatable bonds is 4. The van der Waals surface area contributed by atoms with Gasteiger partial charge in [-0.2, -0.15) is 0 Å². The van der Waals surface area contributed by atoms with Crippen LogP contribution in [0.15, 0.2) is 54.6 Å². The van der Waals surface area contributed by atoms with E-state index in [1.165, 1.54) is 0 Å². The average Bonchev–Trinajstić information content (AvgIpc) is 2.46. The molecule has 0 unspecified atom stereocenters. The van der Waals surface area contributed by atoms with Crippen LogP contribution >= 0.6 is 0 Å². The van der Waals surface area contributed by atoms with Crippen molar-refractivity contribution in [3.63, 3.8) is 0 Å². The van der Waals surface area contributed by atoms with Crippen molar-refractivity contribution in [2.24, 2.45) is 0 Å².